The maximum atomic E-state index is 10.5. The molecule has 6 heteroatoms. The van der Waals surface area contributed by atoms with Crippen molar-refractivity contribution >= 4 is 43.6 Å². The Bertz CT molecular complexity index is 3250. The number of fused-ring (bicyclic) bond motifs is 6. The number of hydrogen-bond acceptors (Lipinski definition) is 4. The summed E-state index contributed by atoms with van der Waals surface area (Å²) in [6.45, 7) is 0. The Morgan fingerprint density at radius 3 is 1.09 bits per heavy atom. The highest BCUT2D eigenvalue weighted by Crippen LogP contribution is 2.40. The van der Waals surface area contributed by atoms with Gasteiger partial charge in [-0.3, -0.25) is 0 Å². The summed E-state index contributed by atoms with van der Waals surface area (Å²) in [7, 11) is 0. The summed E-state index contributed by atoms with van der Waals surface area (Å²) in [6, 6.07) is 65.5. The summed E-state index contributed by atoms with van der Waals surface area (Å²) in [5.41, 5.74) is 13.2. The number of benzene rings is 8. The number of para-hydroxylation sites is 2. The summed E-state index contributed by atoms with van der Waals surface area (Å²) in [5, 5.41) is 44.2. The summed E-state index contributed by atoms with van der Waals surface area (Å²) in [4.78, 5) is 0. The van der Waals surface area contributed by atoms with E-state index in [2.05, 4.69) is 94.1 Å². The fourth-order valence-corrected chi connectivity index (χ4v) is 8.31. The smallest absolute Gasteiger partial charge is 0.0998 e. The Morgan fingerprint density at radius 1 is 0.310 bits per heavy atom. The lowest BCUT2D eigenvalue weighted by molar-refractivity contribution is 1.17. The van der Waals surface area contributed by atoms with Crippen molar-refractivity contribution in [2.75, 3.05) is 0 Å². The molecule has 0 saturated heterocycles. The quantitative estimate of drug-likeness (QED) is 0.175. The lowest BCUT2D eigenvalue weighted by Crippen LogP contribution is -1.99. The van der Waals surface area contributed by atoms with Gasteiger partial charge < -0.3 is 9.13 Å². The summed E-state index contributed by atoms with van der Waals surface area (Å²) in [5.74, 6) is 0. The molecule has 0 fully saturated rings. The average Bonchev–Trinajstić information content (AvgIpc) is 3.80. The first-order chi connectivity index (χ1) is 28.6. The van der Waals surface area contributed by atoms with Crippen LogP contribution >= 0.6 is 0 Å². The summed E-state index contributed by atoms with van der Waals surface area (Å²) < 4.78 is 4.44. The third-order valence-corrected chi connectivity index (χ3v) is 11.1. The van der Waals surface area contributed by atoms with E-state index in [-0.39, 0.29) is 0 Å². The highest BCUT2D eigenvalue weighted by Gasteiger charge is 2.19. The van der Waals surface area contributed by atoms with Gasteiger partial charge in [0.1, 0.15) is 0 Å². The first kappa shape index (κ1) is 33.9. The van der Waals surface area contributed by atoms with E-state index in [0.29, 0.717) is 33.4 Å². The van der Waals surface area contributed by atoms with Crippen molar-refractivity contribution in [2.45, 2.75) is 0 Å². The van der Waals surface area contributed by atoms with Gasteiger partial charge in [0.05, 0.1) is 68.6 Å². The van der Waals surface area contributed by atoms with Crippen LogP contribution in [0.4, 0.5) is 0 Å². The molecule has 0 saturated carbocycles. The third-order valence-electron chi connectivity index (χ3n) is 11.1. The van der Waals surface area contributed by atoms with Gasteiger partial charge in [0.2, 0.25) is 0 Å². The fourth-order valence-electron chi connectivity index (χ4n) is 8.31. The predicted octanol–water partition coefficient (Wildman–Crippen LogP) is 12.4. The van der Waals surface area contributed by atoms with E-state index in [9.17, 15) is 21.0 Å². The molecule has 266 valence electrons. The molecule has 0 amide bonds. The molecule has 10 rings (SSSR count). The van der Waals surface area contributed by atoms with Crippen molar-refractivity contribution in [3.8, 4) is 69.0 Å². The Hall–Kier alpha value is -8.68. The normalized spacial score (nSPS) is 11.0. The highest BCUT2D eigenvalue weighted by atomic mass is 15.0. The minimum absolute atomic E-state index is 0.460. The average molecular weight is 737 g/mol. The highest BCUT2D eigenvalue weighted by molar-refractivity contribution is 6.11. The zero-order valence-corrected chi connectivity index (χ0v) is 30.8. The molecule has 0 aliphatic carbocycles. The van der Waals surface area contributed by atoms with Crippen LogP contribution in [0.1, 0.15) is 22.3 Å². The van der Waals surface area contributed by atoms with E-state index < -0.39 is 0 Å². The minimum atomic E-state index is 0.460. The Labute approximate surface area is 333 Å². The van der Waals surface area contributed by atoms with E-state index in [1.165, 1.54) is 0 Å². The summed E-state index contributed by atoms with van der Waals surface area (Å²) >= 11 is 0. The number of nitriles is 4. The van der Waals surface area contributed by atoms with E-state index in [4.69, 9.17) is 0 Å². The van der Waals surface area contributed by atoms with E-state index in [1.807, 2.05) is 109 Å². The van der Waals surface area contributed by atoms with Crippen LogP contribution in [0.2, 0.25) is 0 Å². The van der Waals surface area contributed by atoms with Gasteiger partial charge in [-0.05, 0) is 107 Å². The number of hydrogen-bond donors (Lipinski definition) is 0. The monoisotopic (exact) mass is 736 g/mol. The molecule has 10 aromatic rings. The fraction of sp³-hybridized carbons (Fsp3) is 0. The molecule has 2 aromatic heterocycles. The molecule has 0 aliphatic heterocycles. The molecule has 0 unspecified atom stereocenters. The first-order valence-electron chi connectivity index (χ1n) is 18.7. The lowest BCUT2D eigenvalue weighted by Gasteiger charge is -2.15. The largest absolute Gasteiger partial charge is 0.309 e. The Balaban J connectivity index is 1.18. The SMILES string of the molecule is N#Cc1ccc(-c2ccc3c4ccccc4n(-c4ccc(C#N)c(-c5cc(-n6c7ccccc7c7ccc(-c8ccc(C#N)cc8)cc76)ccc5C#N)c4)c3c2)cc1. The van der Waals surface area contributed by atoms with E-state index in [0.717, 1.165) is 77.2 Å². The topological polar surface area (TPSA) is 105 Å². The van der Waals surface area contributed by atoms with Crippen LogP contribution in [0.3, 0.4) is 0 Å². The lowest BCUT2D eigenvalue weighted by atomic mass is 9.95. The molecular weight excluding hydrogens is 709 g/mol. The van der Waals surface area contributed by atoms with Gasteiger partial charge in [0.15, 0.2) is 0 Å². The van der Waals surface area contributed by atoms with Crippen LogP contribution in [0, 0.1) is 45.3 Å². The second-order valence-corrected chi connectivity index (χ2v) is 14.2. The van der Waals surface area contributed by atoms with Crippen LogP contribution in [-0.2, 0) is 0 Å². The second kappa shape index (κ2) is 13.6. The molecular formula is C52H28N6. The maximum Gasteiger partial charge on any atom is 0.0998 e. The maximum absolute atomic E-state index is 10.5. The zero-order valence-electron chi connectivity index (χ0n) is 30.8. The van der Waals surface area contributed by atoms with Gasteiger partial charge in [-0.25, -0.2) is 0 Å². The third kappa shape index (κ3) is 5.38. The standard InChI is InChI=1S/C52H28N6/c53-29-33-9-13-35(14-10-33)37-19-23-45-43-5-1-3-7-49(43)57(51(45)25-37)41-21-17-39(31-55)47(27-41)48-28-42(22-18-40(48)32-56)58-50-8-4-2-6-44(50)46-24-20-38(26-52(46)58)36-15-11-34(30-54)12-16-36/h1-28H. The summed E-state index contributed by atoms with van der Waals surface area (Å²) in [6.07, 6.45) is 0. The van der Waals surface area contributed by atoms with Gasteiger partial charge in [0.25, 0.3) is 0 Å². The molecule has 0 aliphatic rings. The molecule has 0 radical (unpaired) electrons. The molecule has 58 heavy (non-hydrogen) atoms. The first-order valence-corrected chi connectivity index (χ1v) is 18.7. The second-order valence-electron chi connectivity index (χ2n) is 14.2. The van der Waals surface area contributed by atoms with Crippen LogP contribution in [0.15, 0.2) is 170 Å². The van der Waals surface area contributed by atoms with Crippen LogP contribution in [0.5, 0.6) is 0 Å². The van der Waals surface area contributed by atoms with Crippen molar-refractivity contribution in [1.82, 2.24) is 9.13 Å². The van der Waals surface area contributed by atoms with Crippen LogP contribution < -0.4 is 0 Å². The molecule has 0 N–H and O–H groups in total. The molecule has 0 spiro atoms. The van der Waals surface area contributed by atoms with E-state index in [1.54, 1.807) is 0 Å². The van der Waals surface area contributed by atoms with Crippen LogP contribution in [0.25, 0.3) is 88.4 Å². The Kier molecular flexibility index (Phi) is 7.92. The van der Waals surface area contributed by atoms with Crippen molar-refractivity contribution in [3.63, 3.8) is 0 Å². The van der Waals surface area contributed by atoms with Crippen molar-refractivity contribution in [1.29, 1.82) is 21.0 Å². The van der Waals surface area contributed by atoms with Crippen molar-refractivity contribution in [2.24, 2.45) is 0 Å². The van der Waals surface area contributed by atoms with Gasteiger partial charge >= 0.3 is 0 Å². The predicted molar refractivity (Wildman–Crippen MR) is 230 cm³/mol. The molecule has 6 nitrogen and oxygen atoms in total. The van der Waals surface area contributed by atoms with Crippen molar-refractivity contribution < 1.29 is 0 Å². The molecule has 0 atom stereocenters. The Morgan fingerprint density at radius 2 is 0.690 bits per heavy atom. The van der Waals surface area contributed by atoms with Gasteiger partial charge in [-0.15, -0.1) is 0 Å². The van der Waals surface area contributed by atoms with Gasteiger partial charge in [0, 0.05) is 44.0 Å². The number of rotatable bonds is 5. The van der Waals surface area contributed by atoms with Crippen LogP contribution in [-0.4, -0.2) is 9.13 Å². The number of aromatic nitrogens is 2. The molecule has 2 heterocycles. The van der Waals surface area contributed by atoms with E-state index >= 15 is 0 Å². The zero-order chi connectivity index (χ0) is 39.3. The minimum Gasteiger partial charge on any atom is -0.309 e. The number of nitrogens with zero attached hydrogens (tertiary/aromatic N) is 6. The molecule has 8 aromatic carbocycles. The van der Waals surface area contributed by atoms with Gasteiger partial charge in [-0.2, -0.15) is 21.0 Å². The molecule has 0 bridgehead atoms. The van der Waals surface area contributed by atoms with Crippen molar-refractivity contribution in [3.05, 3.63) is 192 Å². The van der Waals surface area contributed by atoms with Gasteiger partial charge in [-0.1, -0.05) is 84.9 Å².